The van der Waals surface area contributed by atoms with Gasteiger partial charge in [-0.1, -0.05) is 11.6 Å². The fourth-order valence-electron chi connectivity index (χ4n) is 2.91. The first-order valence-corrected chi connectivity index (χ1v) is 7.90. The number of nitrogens with zero attached hydrogens (tertiary/aromatic N) is 3. The van der Waals surface area contributed by atoms with Crippen molar-refractivity contribution in [2.45, 2.75) is 0 Å². The Morgan fingerprint density at radius 1 is 1.08 bits per heavy atom. The Morgan fingerprint density at radius 3 is 2.65 bits per heavy atom. The first-order chi connectivity index (χ1) is 12.5. The van der Waals surface area contributed by atoms with Gasteiger partial charge in [0.15, 0.2) is 5.82 Å². The van der Waals surface area contributed by atoms with Crippen LogP contribution in [0.3, 0.4) is 0 Å². The zero-order valence-corrected chi connectivity index (χ0v) is 13.9. The van der Waals surface area contributed by atoms with Crippen LogP contribution in [0.1, 0.15) is 5.56 Å². The Hall–Kier alpha value is -3.30. The van der Waals surface area contributed by atoms with Crippen LogP contribution in [0.25, 0.3) is 32.9 Å². The van der Waals surface area contributed by atoms with Gasteiger partial charge in [0.1, 0.15) is 23.2 Å². The SMILES string of the molecule is N#Cc1cnc2c(F)c(-c3ccc(F)c4ccc(N)nc34)c(Cl)cc2c1. The molecule has 0 unspecified atom stereocenters. The van der Waals surface area contributed by atoms with E-state index in [9.17, 15) is 4.39 Å². The van der Waals surface area contributed by atoms with Gasteiger partial charge in [-0.15, -0.1) is 0 Å². The molecule has 7 heteroatoms. The Kier molecular flexibility index (Phi) is 3.67. The van der Waals surface area contributed by atoms with Crippen LogP contribution in [0.2, 0.25) is 5.02 Å². The highest BCUT2D eigenvalue weighted by Gasteiger charge is 2.19. The Bertz CT molecular complexity index is 1250. The number of fused-ring (bicyclic) bond motifs is 2. The molecule has 0 aliphatic heterocycles. The van der Waals surface area contributed by atoms with Crippen LogP contribution in [0.5, 0.6) is 0 Å². The normalized spacial score (nSPS) is 11.0. The van der Waals surface area contributed by atoms with Gasteiger partial charge in [-0.3, -0.25) is 4.98 Å². The summed E-state index contributed by atoms with van der Waals surface area (Å²) < 4.78 is 29.3. The number of nitrogen functional groups attached to an aromatic ring is 1. The van der Waals surface area contributed by atoms with Gasteiger partial charge < -0.3 is 5.73 Å². The predicted molar refractivity (Wildman–Crippen MR) is 96.5 cm³/mol. The van der Waals surface area contributed by atoms with E-state index in [1.165, 1.54) is 42.6 Å². The number of benzene rings is 2. The highest BCUT2D eigenvalue weighted by molar-refractivity contribution is 6.34. The highest BCUT2D eigenvalue weighted by Crippen LogP contribution is 2.38. The zero-order chi connectivity index (χ0) is 18.4. The number of anilines is 1. The van der Waals surface area contributed by atoms with Crippen molar-refractivity contribution in [3.05, 3.63) is 64.8 Å². The van der Waals surface area contributed by atoms with Crippen molar-refractivity contribution in [1.82, 2.24) is 9.97 Å². The van der Waals surface area contributed by atoms with E-state index < -0.39 is 11.6 Å². The second-order valence-electron chi connectivity index (χ2n) is 5.68. The molecule has 0 saturated heterocycles. The molecule has 2 aromatic carbocycles. The number of hydrogen-bond donors (Lipinski definition) is 1. The third-order valence-electron chi connectivity index (χ3n) is 4.09. The van der Waals surface area contributed by atoms with E-state index in [0.717, 1.165) is 0 Å². The second kappa shape index (κ2) is 5.90. The third kappa shape index (κ3) is 2.41. The number of nitriles is 1. The summed E-state index contributed by atoms with van der Waals surface area (Å²) in [4.78, 5) is 8.17. The van der Waals surface area contributed by atoms with Crippen LogP contribution in [-0.2, 0) is 0 Å². The molecule has 2 aromatic heterocycles. The van der Waals surface area contributed by atoms with E-state index >= 15 is 4.39 Å². The van der Waals surface area contributed by atoms with Crippen molar-refractivity contribution < 1.29 is 8.78 Å². The summed E-state index contributed by atoms with van der Waals surface area (Å²) in [5.41, 5.74) is 6.64. The molecule has 0 aliphatic rings. The maximum absolute atomic E-state index is 15.2. The van der Waals surface area contributed by atoms with Crippen LogP contribution in [0, 0.1) is 23.0 Å². The molecule has 4 rings (SSSR count). The van der Waals surface area contributed by atoms with Crippen molar-refractivity contribution in [2.24, 2.45) is 0 Å². The van der Waals surface area contributed by atoms with Gasteiger partial charge in [0.2, 0.25) is 0 Å². The van der Waals surface area contributed by atoms with Crippen molar-refractivity contribution in [3.63, 3.8) is 0 Å². The van der Waals surface area contributed by atoms with Crippen LogP contribution in [0.15, 0.2) is 42.6 Å². The molecule has 0 bridgehead atoms. The molecular weight excluding hydrogens is 358 g/mol. The van der Waals surface area contributed by atoms with E-state index in [4.69, 9.17) is 22.6 Å². The molecule has 4 nitrogen and oxygen atoms in total. The molecule has 0 spiro atoms. The van der Waals surface area contributed by atoms with Gasteiger partial charge >= 0.3 is 0 Å². The number of aromatic nitrogens is 2. The van der Waals surface area contributed by atoms with E-state index in [-0.39, 0.29) is 32.8 Å². The molecule has 26 heavy (non-hydrogen) atoms. The monoisotopic (exact) mass is 366 g/mol. The minimum Gasteiger partial charge on any atom is -0.384 e. The molecule has 0 radical (unpaired) electrons. The summed E-state index contributed by atoms with van der Waals surface area (Å²) in [7, 11) is 0. The third-order valence-corrected chi connectivity index (χ3v) is 4.39. The molecule has 4 aromatic rings. The van der Waals surface area contributed by atoms with E-state index in [2.05, 4.69) is 9.97 Å². The maximum atomic E-state index is 15.2. The number of hydrogen-bond acceptors (Lipinski definition) is 4. The van der Waals surface area contributed by atoms with Gasteiger partial charge in [-0.2, -0.15) is 5.26 Å². The summed E-state index contributed by atoms with van der Waals surface area (Å²) in [5.74, 6) is -0.988. The maximum Gasteiger partial charge on any atom is 0.158 e. The quantitative estimate of drug-likeness (QED) is 0.523. The van der Waals surface area contributed by atoms with Gasteiger partial charge in [0, 0.05) is 28.1 Å². The zero-order valence-electron chi connectivity index (χ0n) is 13.1. The lowest BCUT2D eigenvalue weighted by Crippen LogP contribution is -1.97. The number of pyridine rings is 2. The summed E-state index contributed by atoms with van der Waals surface area (Å²) in [6.45, 7) is 0. The Morgan fingerprint density at radius 2 is 1.88 bits per heavy atom. The Balaban J connectivity index is 2.10. The summed E-state index contributed by atoms with van der Waals surface area (Å²) in [6.07, 6.45) is 1.28. The average Bonchev–Trinajstić information content (AvgIpc) is 2.63. The molecule has 2 N–H and O–H groups in total. The van der Waals surface area contributed by atoms with E-state index in [1.807, 2.05) is 6.07 Å². The van der Waals surface area contributed by atoms with E-state index in [0.29, 0.717) is 16.5 Å². The first kappa shape index (κ1) is 16.2. The standard InChI is InChI=1S/C19H9ClF2N4/c20-13-6-10-5-9(7-23)8-25-18(10)17(22)16(13)12-1-3-14(21)11-2-4-15(24)26-19(11)12/h1-6,8H,(H2,24,26). The van der Waals surface area contributed by atoms with Crippen LogP contribution in [-0.4, -0.2) is 9.97 Å². The van der Waals surface area contributed by atoms with E-state index in [1.54, 1.807) is 0 Å². The summed E-state index contributed by atoms with van der Waals surface area (Å²) in [5, 5.41) is 9.67. The first-order valence-electron chi connectivity index (χ1n) is 7.52. The predicted octanol–water partition coefficient (Wildman–Crippen LogP) is 4.84. The lowest BCUT2D eigenvalue weighted by Gasteiger charge is -2.12. The van der Waals surface area contributed by atoms with Crippen molar-refractivity contribution >= 4 is 39.2 Å². The minimum absolute atomic E-state index is 0.0551. The summed E-state index contributed by atoms with van der Waals surface area (Å²) >= 11 is 6.32. The smallest absolute Gasteiger partial charge is 0.158 e. The van der Waals surface area contributed by atoms with Gasteiger partial charge in [0.05, 0.1) is 16.1 Å². The minimum atomic E-state index is -0.672. The van der Waals surface area contributed by atoms with Crippen molar-refractivity contribution in [3.8, 4) is 17.2 Å². The lowest BCUT2D eigenvalue weighted by atomic mass is 9.99. The number of halogens is 3. The van der Waals surface area contributed by atoms with Crippen molar-refractivity contribution in [2.75, 3.05) is 5.73 Å². The lowest BCUT2D eigenvalue weighted by molar-refractivity contribution is 0.637. The summed E-state index contributed by atoms with van der Waals surface area (Å²) in [6, 6.07) is 10.6. The van der Waals surface area contributed by atoms with Gasteiger partial charge in [-0.05, 0) is 36.4 Å². The molecule has 0 amide bonds. The van der Waals surface area contributed by atoms with Crippen LogP contribution >= 0.6 is 11.6 Å². The second-order valence-corrected chi connectivity index (χ2v) is 6.09. The highest BCUT2D eigenvalue weighted by atomic mass is 35.5. The van der Waals surface area contributed by atoms with Crippen LogP contribution < -0.4 is 5.73 Å². The number of rotatable bonds is 1. The molecule has 0 fully saturated rings. The van der Waals surface area contributed by atoms with Gasteiger partial charge in [-0.25, -0.2) is 13.8 Å². The fraction of sp³-hybridized carbons (Fsp3) is 0. The molecule has 2 heterocycles. The molecule has 126 valence electrons. The Labute approximate surface area is 151 Å². The molecule has 0 aliphatic carbocycles. The fourth-order valence-corrected chi connectivity index (χ4v) is 3.22. The average molecular weight is 367 g/mol. The number of nitrogens with two attached hydrogens (primary N) is 1. The van der Waals surface area contributed by atoms with Gasteiger partial charge in [0.25, 0.3) is 0 Å². The molecule has 0 atom stereocenters. The molecule has 0 saturated carbocycles. The van der Waals surface area contributed by atoms with Crippen LogP contribution in [0.4, 0.5) is 14.6 Å². The van der Waals surface area contributed by atoms with Crippen molar-refractivity contribution in [1.29, 1.82) is 5.26 Å². The molecular formula is C19H9ClF2N4. The largest absolute Gasteiger partial charge is 0.384 e. The topological polar surface area (TPSA) is 75.6 Å².